The molecule has 0 saturated heterocycles. The number of guanidine groups is 1. The second-order valence-electron chi connectivity index (χ2n) is 6.13. The SMILES string of the molecule is CCOc1ccc(NC(=NC)NCCC(=O)Nc2cccc(Cl)c2C)cc1OC.I. The Morgan fingerprint density at radius 1 is 1.17 bits per heavy atom. The summed E-state index contributed by atoms with van der Waals surface area (Å²) in [5.41, 5.74) is 2.35. The van der Waals surface area contributed by atoms with Gasteiger partial charge in [-0.3, -0.25) is 9.79 Å². The van der Waals surface area contributed by atoms with Crippen LogP contribution in [0.15, 0.2) is 41.4 Å². The lowest BCUT2D eigenvalue weighted by atomic mass is 10.2. The Bertz CT molecular complexity index is 877. The van der Waals surface area contributed by atoms with E-state index in [1.54, 1.807) is 26.3 Å². The first-order chi connectivity index (χ1) is 14.0. The molecule has 1 amide bonds. The molecule has 164 valence electrons. The molecule has 2 aromatic carbocycles. The summed E-state index contributed by atoms with van der Waals surface area (Å²) in [6.45, 7) is 4.76. The van der Waals surface area contributed by atoms with Crippen LogP contribution in [0, 0.1) is 6.92 Å². The number of nitrogens with zero attached hydrogens (tertiary/aromatic N) is 1. The van der Waals surface area contributed by atoms with Gasteiger partial charge < -0.3 is 25.4 Å². The van der Waals surface area contributed by atoms with Crippen LogP contribution in [-0.2, 0) is 4.79 Å². The number of hydrogen-bond donors (Lipinski definition) is 3. The molecule has 2 aromatic rings. The van der Waals surface area contributed by atoms with Crippen LogP contribution in [-0.4, -0.2) is 39.2 Å². The van der Waals surface area contributed by atoms with Crippen molar-refractivity contribution in [3.8, 4) is 11.5 Å². The Labute approximate surface area is 199 Å². The molecular formula is C21H28ClIN4O3. The molecule has 9 heteroatoms. The van der Waals surface area contributed by atoms with Gasteiger partial charge in [-0.2, -0.15) is 0 Å². The summed E-state index contributed by atoms with van der Waals surface area (Å²) < 4.78 is 10.9. The number of hydrogen-bond acceptors (Lipinski definition) is 4. The van der Waals surface area contributed by atoms with Crippen molar-refractivity contribution in [3.63, 3.8) is 0 Å². The van der Waals surface area contributed by atoms with Gasteiger partial charge in [0.05, 0.1) is 13.7 Å². The molecule has 0 unspecified atom stereocenters. The second-order valence-corrected chi connectivity index (χ2v) is 6.54. The van der Waals surface area contributed by atoms with E-state index in [2.05, 4.69) is 20.9 Å². The maximum atomic E-state index is 12.2. The smallest absolute Gasteiger partial charge is 0.226 e. The average Bonchev–Trinajstić information content (AvgIpc) is 2.71. The number of rotatable bonds is 8. The predicted octanol–water partition coefficient (Wildman–Crippen LogP) is 4.69. The summed E-state index contributed by atoms with van der Waals surface area (Å²) in [6, 6.07) is 11.0. The van der Waals surface area contributed by atoms with Crippen molar-refractivity contribution in [3.05, 3.63) is 47.0 Å². The normalized spacial score (nSPS) is 10.6. The van der Waals surface area contributed by atoms with E-state index < -0.39 is 0 Å². The Morgan fingerprint density at radius 3 is 2.60 bits per heavy atom. The van der Waals surface area contributed by atoms with Crippen LogP contribution >= 0.6 is 35.6 Å². The van der Waals surface area contributed by atoms with E-state index in [1.807, 2.05) is 38.1 Å². The molecule has 0 radical (unpaired) electrons. The van der Waals surface area contributed by atoms with E-state index in [4.69, 9.17) is 21.1 Å². The molecule has 2 rings (SSSR count). The molecule has 0 spiro atoms. The third kappa shape index (κ3) is 7.56. The molecular weight excluding hydrogens is 519 g/mol. The summed E-state index contributed by atoms with van der Waals surface area (Å²) in [5.74, 6) is 1.74. The highest BCUT2D eigenvalue weighted by Crippen LogP contribution is 2.30. The lowest BCUT2D eigenvalue weighted by Gasteiger charge is -2.15. The zero-order chi connectivity index (χ0) is 21.2. The van der Waals surface area contributed by atoms with E-state index in [-0.39, 0.29) is 36.3 Å². The molecule has 0 aromatic heterocycles. The third-order valence-electron chi connectivity index (χ3n) is 4.14. The summed E-state index contributed by atoms with van der Waals surface area (Å²) in [4.78, 5) is 16.4. The molecule has 0 atom stereocenters. The minimum atomic E-state index is -0.110. The summed E-state index contributed by atoms with van der Waals surface area (Å²) >= 11 is 6.08. The number of anilines is 2. The Morgan fingerprint density at radius 2 is 1.93 bits per heavy atom. The van der Waals surface area contributed by atoms with Crippen molar-refractivity contribution in [1.82, 2.24) is 5.32 Å². The maximum absolute atomic E-state index is 12.2. The fourth-order valence-electron chi connectivity index (χ4n) is 2.59. The molecule has 0 fully saturated rings. The number of aliphatic imine (C=N–C) groups is 1. The number of nitrogens with one attached hydrogen (secondary N) is 3. The van der Waals surface area contributed by atoms with Gasteiger partial charge in [-0.15, -0.1) is 24.0 Å². The van der Waals surface area contributed by atoms with Crippen molar-refractivity contribution >= 4 is 58.8 Å². The summed E-state index contributed by atoms with van der Waals surface area (Å²) in [5, 5.41) is 9.78. The molecule has 0 aliphatic heterocycles. The number of methoxy groups -OCH3 is 1. The average molecular weight is 547 g/mol. The molecule has 0 heterocycles. The van der Waals surface area contributed by atoms with Gasteiger partial charge in [0.2, 0.25) is 5.91 Å². The first-order valence-electron chi connectivity index (χ1n) is 9.32. The zero-order valence-corrected chi connectivity index (χ0v) is 20.6. The van der Waals surface area contributed by atoms with Crippen molar-refractivity contribution in [2.45, 2.75) is 20.3 Å². The fourth-order valence-corrected chi connectivity index (χ4v) is 2.76. The van der Waals surface area contributed by atoms with Gasteiger partial charge in [0.25, 0.3) is 0 Å². The topological polar surface area (TPSA) is 84.0 Å². The van der Waals surface area contributed by atoms with Gasteiger partial charge in [0, 0.05) is 42.5 Å². The highest BCUT2D eigenvalue weighted by Gasteiger charge is 2.09. The van der Waals surface area contributed by atoms with Crippen LogP contribution in [0.3, 0.4) is 0 Å². The Balaban J connectivity index is 0.00000450. The predicted molar refractivity (Wildman–Crippen MR) is 134 cm³/mol. The van der Waals surface area contributed by atoms with Crippen LogP contribution in [0.2, 0.25) is 5.02 Å². The summed E-state index contributed by atoms with van der Waals surface area (Å²) in [6.07, 6.45) is 0.277. The van der Waals surface area contributed by atoms with Crippen molar-refractivity contribution in [2.75, 3.05) is 37.9 Å². The highest BCUT2D eigenvalue weighted by atomic mass is 127. The lowest BCUT2D eigenvalue weighted by Crippen LogP contribution is -2.33. The monoisotopic (exact) mass is 546 g/mol. The number of amides is 1. The molecule has 0 aliphatic carbocycles. The van der Waals surface area contributed by atoms with Crippen molar-refractivity contribution < 1.29 is 14.3 Å². The minimum Gasteiger partial charge on any atom is -0.493 e. The molecule has 0 saturated carbocycles. The quantitative estimate of drug-likeness (QED) is 0.254. The largest absolute Gasteiger partial charge is 0.493 e. The standard InChI is InChI=1S/C21H27ClN4O3.HI/c1-5-29-18-10-9-15(13-19(18)28-4)25-21(23-3)24-12-11-20(27)26-17-8-6-7-16(22)14(17)2;/h6-10,13H,5,11-12H2,1-4H3,(H,26,27)(H2,23,24,25);1H. The van der Waals surface area contributed by atoms with Crippen LogP contribution in [0.5, 0.6) is 11.5 Å². The third-order valence-corrected chi connectivity index (χ3v) is 4.55. The minimum absolute atomic E-state index is 0. The fraction of sp³-hybridized carbons (Fsp3) is 0.333. The molecule has 30 heavy (non-hydrogen) atoms. The van der Waals surface area contributed by atoms with E-state index in [0.29, 0.717) is 41.3 Å². The Kier molecular flexibility index (Phi) is 11.3. The van der Waals surface area contributed by atoms with Crippen molar-refractivity contribution in [2.24, 2.45) is 4.99 Å². The molecule has 3 N–H and O–H groups in total. The molecule has 7 nitrogen and oxygen atoms in total. The first-order valence-corrected chi connectivity index (χ1v) is 9.69. The van der Waals surface area contributed by atoms with Gasteiger partial charge in [0.1, 0.15) is 0 Å². The van der Waals surface area contributed by atoms with E-state index in [9.17, 15) is 4.79 Å². The zero-order valence-electron chi connectivity index (χ0n) is 17.5. The first kappa shape index (κ1) is 25.8. The number of halogens is 2. The summed E-state index contributed by atoms with van der Waals surface area (Å²) in [7, 11) is 3.26. The lowest BCUT2D eigenvalue weighted by molar-refractivity contribution is -0.116. The number of ether oxygens (including phenoxy) is 2. The highest BCUT2D eigenvalue weighted by molar-refractivity contribution is 14.0. The maximum Gasteiger partial charge on any atom is 0.226 e. The Hall–Kier alpha value is -2.20. The van der Waals surface area contributed by atoms with E-state index in [0.717, 1.165) is 11.3 Å². The second kappa shape index (κ2) is 13.2. The van der Waals surface area contributed by atoms with Gasteiger partial charge in [0.15, 0.2) is 17.5 Å². The number of carbonyl (C=O) groups is 1. The van der Waals surface area contributed by atoms with Gasteiger partial charge in [-0.05, 0) is 43.7 Å². The van der Waals surface area contributed by atoms with Crippen LogP contribution < -0.4 is 25.4 Å². The van der Waals surface area contributed by atoms with Gasteiger partial charge in [-0.25, -0.2) is 0 Å². The number of benzene rings is 2. The molecule has 0 bridgehead atoms. The van der Waals surface area contributed by atoms with Crippen LogP contribution in [0.1, 0.15) is 18.9 Å². The van der Waals surface area contributed by atoms with Gasteiger partial charge in [-0.1, -0.05) is 17.7 Å². The van der Waals surface area contributed by atoms with Crippen molar-refractivity contribution in [1.29, 1.82) is 0 Å². The van der Waals surface area contributed by atoms with E-state index in [1.165, 1.54) is 0 Å². The number of carbonyl (C=O) groups excluding carboxylic acids is 1. The van der Waals surface area contributed by atoms with E-state index >= 15 is 0 Å². The molecule has 0 aliphatic rings. The van der Waals surface area contributed by atoms with Gasteiger partial charge >= 0.3 is 0 Å². The van der Waals surface area contributed by atoms with Crippen LogP contribution in [0.25, 0.3) is 0 Å². The van der Waals surface area contributed by atoms with Crippen LogP contribution in [0.4, 0.5) is 11.4 Å².